The van der Waals surface area contributed by atoms with E-state index >= 15 is 0 Å². The summed E-state index contributed by atoms with van der Waals surface area (Å²) in [4.78, 5) is 0. The monoisotopic (exact) mass is 463 g/mol. The van der Waals surface area contributed by atoms with Crippen molar-refractivity contribution in [2.24, 2.45) is 0 Å². The smallest absolute Gasteiger partial charge is 0.208 e. The molecule has 2 aromatic heterocycles. The lowest BCUT2D eigenvalue weighted by atomic mass is 10.0. The largest absolute Gasteiger partial charge is 0.503 e. The van der Waals surface area contributed by atoms with E-state index in [0.717, 1.165) is 43.5 Å². The van der Waals surface area contributed by atoms with Gasteiger partial charge in [-0.1, -0.05) is 42.5 Å². The summed E-state index contributed by atoms with van der Waals surface area (Å²) in [5.74, 6) is -4.36. The van der Waals surface area contributed by atoms with Gasteiger partial charge in [0, 0.05) is 21.5 Å². The van der Waals surface area contributed by atoms with Gasteiger partial charge in [0.05, 0.1) is 11.0 Å². The fourth-order valence-electron chi connectivity index (χ4n) is 5.14. The molecule has 170 valence electrons. The zero-order chi connectivity index (χ0) is 24.0. The Morgan fingerprint density at radius 2 is 1.17 bits per heavy atom. The van der Waals surface area contributed by atoms with E-state index in [9.17, 15) is 25.5 Å². The molecule has 7 nitrogen and oxygen atoms in total. The van der Waals surface area contributed by atoms with Gasteiger partial charge in [0.15, 0.2) is 11.5 Å². The van der Waals surface area contributed by atoms with Gasteiger partial charge in [-0.3, -0.25) is 0 Å². The number of nitrogens with zero attached hydrogens (tertiary/aromatic N) is 1. The maximum atomic E-state index is 10.8. The Labute approximate surface area is 196 Å². The van der Waals surface area contributed by atoms with Crippen molar-refractivity contribution < 1.29 is 29.9 Å². The van der Waals surface area contributed by atoms with Crippen LogP contribution in [0.4, 0.5) is 0 Å². The van der Waals surface area contributed by atoms with Crippen molar-refractivity contribution in [2.45, 2.75) is 0 Å². The number of hydrogen-bond donors (Lipinski definition) is 5. The second kappa shape index (κ2) is 6.51. The van der Waals surface area contributed by atoms with Crippen LogP contribution in [0, 0.1) is 0 Å². The van der Waals surface area contributed by atoms with Gasteiger partial charge in [0.2, 0.25) is 17.2 Å². The molecule has 5 aromatic carbocycles. The summed E-state index contributed by atoms with van der Waals surface area (Å²) in [5, 5.41) is 57.3. The first-order valence-electron chi connectivity index (χ1n) is 10.9. The number of benzene rings is 5. The van der Waals surface area contributed by atoms with E-state index in [4.69, 9.17) is 4.42 Å². The van der Waals surface area contributed by atoms with Crippen LogP contribution in [0.25, 0.3) is 60.2 Å². The van der Waals surface area contributed by atoms with Crippen molar-refractivity contribution in [1.29, 1.82) is 0 Å². The normalized spacial score (nSPS) is 12.0. The van der Waals surface area contributed by atoms with Crippen molar-refractivity contribution in [2.75, 3.05) is 0 Å². The minimum atomic E-state index is -0.999. The molecule has 0 atom stereocenters. The Kier molecular flexibility index (Phi) is 3.62. The Morgan fingerprint density at radius 1 is 0.514 bits per heavy atom. The minimum Gasteiger partial charge on any atom is -0.503 e. The van der Waals surface area contributed by atoms with E-state index in [0.29, 0.717) is 11.0 Å². The quantitative estimate of drug-likeness (QED) is 0.143. The summed E-state index contributed by atoms with van der Waals surface area (Å²) in [5.41, 5.74) is 2.49. The molecule has 0 unspecified atom stereocenters. The maximum Gasteiger partial charge on any atom is 0.208 e. The topological polar surface area (TPSA) is 119 Å². The highest BCUT2D eigenvalue weighted by molar-refractivity contribution is 6.23. The molecule has 0 aliphatic rings. The standard InChI is InChI=1S/C28H17NO6/c30-24-23(25(31)27(33)28(34)26(24)32)29-18-7-3-1-5-14(18)17-11-13-9-10-21-22(16(13)12-19(17)29)15-6-2-4-8-20(15)35-21/h1-12,30-34H. The first kappa shape index (κ1) is 19.4. The first-order valence-corrected chi connectivity index (χ1v) is 10.9. The molecule has 0 radical (unpaired) electrons. The van der Waals surface area contributed by atoms with Gasteiger partial charge in [-0.2, -0.15) is 0 Å². The zero-order valence-corrected chi connectivity index (χ0v) is 18.0. The number of rotatable bonds is 1. The fourth-order valence-corrected chi connectivity index (χ4v) is 5.14. The van der Waals surface area contributed by atoms with Crippen molar-refractivity contribution in [1.82, 2.24) is 4.57 Å². The SMILES string of the molecule is Oc1c(O)c(O)c(-n2c3ccccc3c3cc4ccc5oc6ccccc6c5c4cc32)c(O)c1O. The van der Waals surface area contributed by atoms with Crippen LogP contribution in [0.2, 0.25) is 0 Å². The molecular formula is C28H17NO6. The van der Waals surface area contributed by atoms with E-state index in [2.05, 4.69) is 0 Å². The summed E-state index contributed by atoms with van der Waals surface area (Å²) < 4.78 is 7.61. The second-order valence-corrected chi connectivity index (χ2v) is 8.57. The number of para-hydroxylation sites is 2. The van der Waals surface area contributed by atoms with E-state index in [1.165, 1.54) is 0 Å². The molecule has 5 N–H and O–H groups in total. The molecular weight excluding hydrogens is 446 g/mol. The first-order chi connectivity index (χ1) is 17.0. The van der Waals surface area contributed by atoms with E-state index in [1.807, 2.05) is 72.8 Å². The lowest BCUT2D eigenvalue weighted by Gasteiger charge is -2.15. The molecule has 0 aliphatic carbocycles. The van der Waals surface area contributed by atoms with Crippen LogP contribution in [-0.4, -0.2) is 30.1 Å². The number of furan rings is 1. The predicted octanol–water partition coefficient (Wildman–Crippen LogP) is 6.36. The molecule has 7 aromatic rings. The van der Waals surface area contributed by atoms with Crippen molar-refractivity contribution in [3.8, 4) is 34.4 Å². The maximum absolute atomic E-state index is 10.8. The molecule has 35 heavy (non-hydrogen) atoms. The van der Waals surface area contributed by atoms with Crippen LogP contribution >= 0.6 is 0 Å². The highest BCUT2D eigenvalue weighted by atomic mass is 16.4. The lowest BCUT2D eigenvalue weighted by Crippen LogP contribution is -1.96. The van der Waals surface area contributed by atoms with Crippen molar-refractivity contribution in [3.63, 3.8) is 0 Å². The average Bonchev–Trinajstić information content (AvgIpc) is 3.41. The Balaban J connectivity index is 1.73. The van der Waals surface area contributed by atoms with E-state index in [1.54, 1.807) is 4.57 Å². The Hall–Kier alpha value is -5.04. The number of aromatic hydroxyl groups is 5. The van der Waals surface area contributed by atoms with Gasteiger partial charge in [-0.25, -0.2) is 0 Å². The van der Waals surface area contributed by atoms with E-state index in [-0.39, 0.29) is 5.69 Å². The molecule has 7 rings (SSSR count). The molecule has 0 bridgehead atoms. The van der Waals surface area contributed by atoms with Gasteiger partial charge >= 0.3 is 0 Å². The summed E-state index contributed by atoms with van der Waals surface area (Å²) >= 11 is 0. The summed E-state index contributed by atoms with van der Waals surface area (Å²) in [7, 11) is 0. The highest BCUT2D eigenvalue weighted by Crippen LogP contribution is 2.54. The number of phenols is 5. The van der Waals surface area contributed by atoms with Crippen LogP contribution < -0.4 is 0 Å². The van der Waals surface area contributed by atoms with Gasteiger partial charge in [-0.15, -0.1) is 0 Å². The molecule has 0 saturated carbocycles. The third-order valence-corrected chi connectivity index (χ3v) is 6.72. The molecule has 7 heteroatoms. The molecule has 0 spiro atoms. The minimum absolute atomic E-state index is 0.243. The third-order valence-electron chi connectivity index (χ3n) is 6.72. The van der Waals surface area contributed by atoms with Crippen LogP contribution in [0.15, 0.2) is 77.2 Å². The van der Waals surface area contributed by atoms with E-state index < -0.39 is 28.7 Å². The fraction of sp³-hybridized carbons (Fsp3) is 0. The van der Waals surface area contributed by atoms with Crippen molar-refractivity contribution >= 4 is 54.5 Å². The van der Waals surface area contributed by atoms with Gasteiger partial charge < -0.3 is 34.5 Å². The third kappa shape index (κ3) is 2.38. The molecule has 2 heterocycles. The molecule has 0 aliphatic heterocycles. The van der Waals surface area contributed by atoms with Gasteiger partial charge in [0.25, 0.3) is 0 Å². The van der Waals surface area contributed by atoms with Crippen LogP contribution in [0.5, 0.6) is 28.7 Å². The van der Waals surface area contributed by atoms with Gasteiger partial charge in [0.1, 0.15) is 16.9 Å². The van der Waals surface area contributed by atoms with Crippen LogP contribution in [0.3, 0.4) is 0 Å². The summed E-state index contributed by atoms with van der Waals surface area (Å²) in [6.07, 6.45) is 0. The molecule has 0 amide bonds. The highest BCUT2D eigenvalue weighted by Gasteiger charge is 2.27. The second-order valence-electron chi connectivity index (χ2n) is 8.57. The number of hydrogen-bond acceptors (Lipinski definition) is 6. The molecule has 0 saturated heterocycles. The molecule has 0 fully saturated rings. The Morgan fingerprint density at radius 3 is 1.94 bits per heavy atom. The Bertz CT molecular complexity index is 1990. The van der Waals surface area contributed by atoms with Crippen LogP contribution in [0.1, 0.15) is 0 Å². The van der Waals surface area contributed by atoms with Crippen molar-refractivity contribution in [3.05, 3.63) is 72.8 Å². The number of phenolic OH excluding ortho intramolecular Hbond substituents is 5. The number of fused-ring (bicyclic) bond motifs is 8. The summed E-state index contributed by atoms with van der Waals surface area (Å²) in [6.45, 7) is 0. The summed E-state index contributed by atoms with van der Waals surface area (Å²) in [6, 6.07) is 23.1. The average molecular weight is 463 g/mol. The van der Waals surface area contributed by atoms with Gasteiger partial charge in [-0.05, 0) is 41.1 Å². The zero-order valence-electron chi connectivity index (χ0n) is 18.0. The predicted molar refractivity (Wildman–Crippen MR) is 134 cm³/mol. The lowest BCUT2D eigenvalue weighted by molar-refractivity contribution is 0.327. The van der Waals surface area contributed by atoms with Crippen LogP contribution in [-0.2, 0) is 0 Å². The number of aromatic nitrogens is 1.